The van der Waals surface area contributed by atoms with Crippen molar-refractivity contribution in [2.45, 2.75) is 26.9 Å². The van der Waals surface area contributed by atoms with Gasteiger partial charge >= 0.3 is 0 Å². The van der Waals surface area contributed by atoms with Gasteiger partial charge in [-0.3, -0.25) is 4.90 Å². The van der Waals surface area contributed by atoms with Gasteiger partial charge in [0.05, 0.1) is 12.0 Å². The van der Waals surface area contributed by atoms with E-state index in [-0.39, 0.29) is 0 Å². The lowest BCUT2D eigenvalue weighted by Crippen LogP contribution is -2.46. The molecule has 126 valence electrons. The quantitative estimate of drug-likeness (QED) is 0.718. The van der Waals surface area contributed by atoms with E-state index in [0.29, 0.717) is 0 Å². The van der Waals surface area contributed by atoms with Crippen LogP contribution in [0.1, 0.15) is 18.4 Å². The van der Waals surface area contributed by atoms with Crippen LogP contribution < -0.4 is 4.90 Å². The number of nitrogens with zero attached hydrogens (tertiary/aromatic N) is 7. The van der Waals surface area contributed by atoms with Gasteiger partial charge in [0.15, 0.2) is 17.0 Å². The predicted molar refractivity (Wildman–Crippen MR) is 89.7 cm³/mol. The third kappa shape index (κ3) is 2.73. The summed E-state index contributed by atoms with van der Waals surface area (Å²) in [5.74, 6) is 1.79. The van der Waals surface area contributed by atoms with Crippen molar-refractivity contribution < 1.29 is 4.52 Å². The van der Waals surface area contributed by atoms with Gasteiger partial charge in [0.1, 0.15) is 12.1 Å². The molecule has 3 aromatic heterocycles. The molecule has 0 aromatic carbocycles. The molecule has 8 heteroatoms. The Morgan fingerprint density at radius 1 is 1.12 bits per heavy atom. The summed E-state index contributed by atoms with van der Waals surface area (Å²) < 4.78 is 7.19. The summed E-state index contributed by atoms with van der Waals surface area (Å²) in [6.07, 6.45) is 3.47. The van der Waals surface area contributed by atoms with Gasteiger partial charge < -0.3 is 14.0 Å². The summed E-state index contributed by atoms with van der Waals surface area (Å²) in [5.41, 5.74) is 2.79. The molecular weight excluding hydrogens is 306 g/mol. The smallest absolute Gasteiger partial charge is 0.165 e. The number of fused-ring (bicyclic) bond motifs is 1. The molecular formula is C16H21N7O. The molecule has 0 atom stereocenters. The van der Waals surface area contributed by atoms with Crippen molar-refractivity contribution >= 4 is 17.0 Å². The highest BCUT2D eigenvalue weighted by Crippen LogP contribution is 2.22. The molecule has 0 spiro atoms. The minimum absolute atomic E-state index is 0.828. The molecule has 1 fully saturated rings. The third-order valence-corrected chi connectivity index (χ3v) is 4.46. The van der Waals surface area contributed by atoms with Crippen molar-refractivity contribution in [3.05, 3.63) is 30.2 Å². The van der Waals surface area contributed by atoms with Crippen LogP contribution in [0.2, 0.25) is 0 Å². The summed E-state index contributed by atoms with van der Waals surface area (Å²) in [4.78, 5) is 18.1. The zero-order valence-corrected chi connectivity index (χ0v) is 14.0. The Balaban J connectivity index is 1.47. The summed E-state index contributed by atoms with van der Waals surface area (Å²) >= 11 is 0. The Kier molecular flexibility index (Phi) is 3.89. The van der Waals surface area contributed by atoms with Crippen LogP contribution in [0.4, 0.5) is 5.82 Å². The number of imidazole rings is 1. The van der Waals surface area contributed by atoms with Crippen molar-refractivity contribution in [3.8, 4) is 0 Å². The molecule has 0 amide bonds. The molecule has 0 unspecified atom stereocenters. The van der Waals surface area contributed by atoms with Gasteiger partial charge in [-0.15, -0.1) is 0 Å². The van der Waals surface area contributed by atoms with E-state index in [1.165, 1.54) is 0 Å². The Hall–Kier alpha value is -2.48. The van der Waals surface area contributed by atoms with E-state index >= 15 is 0 Å². The molecule has 1 saturated heterocycles. The molecule has 1 aliphatic heterocycles. The number of rotatable bonds is 4. The van der Waals surface area contributed by atoms with Crippen molar-refractivity contribution in [1.82, 2.24) is 29.6 Å². The number of hydrogen-bond acceptors (Lipinski definition) is 7. The number of piperazine rings is 1. The first-order valence-electron chi connectivity index (χ1n) is 8.30. The molecule has 0 saturated carbocycles. The van der Waals surface area contributed by atoms with Gasteiger partial charge in [-0.2, -0.15) is 0 Å². The van der Waals surface area contributed by atoms with Gasteiger partial charge in [0.2, 0.25) is 0 Å². The highest BCUT2D eigenvalue weighted by molar-refractivity contribution is 5.83. The number of anilines is 1. The second-order valence-electron chi connectivity index (χ2n) is 6.09. The van der Waals surface area contributed by atoms with Crippen LogP contribution in [0.3, 0.4) is 0 Å². The fourth-order valence-electron chi connectivity index (χ4n) is 3.17. The molecule has 0 radical (unpaired) electrons. The van der Waals surface area contributed by atoms with E-state index in [4.69, 9.17) is 4.52 Å². The first-order valence-corrected chi connectivity index (χ1v) is 8.30. The monoisotopic (exact) mass is 327 g/mol. The van der Waals surface area contributed by atoms with E-state index in [1.807, 2.05) is 23.9 Å². The Morgan fingerprint density at radius 2 is 1.96 bits per heavy atom. The maximum absolute atomic E-state index is 5.14. The standard InChI is InChI=1S/C16H21N7O/c1-3-22-11-19-14-15(22)17-10-18-16(14)23-6-4-21(5-7-23)9-13-8-12(2)24-20-13/h8,10-11H,3-7,9H2,1-2H3. The fraction of sp³-hybridized carbons (Fsp3) is 0.500. The highest BCUT2D eigenvalue weighted by atomic mass is 16.5. The maximum Gasteiger partial charge on any atom is 0.165 e. The average Bonchev–Trinajstić information content (AvgIpc) is 3.21. The first-order chi connectivity index (χ1) is 11.7. The Morgan fingerprint density at radius 3 is 2.67 bits per heavy atom. The van der Waals surface area contributed by atoms with Gasteiger partial charge in [0, 0.05) is 45.3 Å². The van der Waals surface area contributed by atoms with E-state index in [0.717, 1.165) is 67.7 Å². The van der Waals surface area contributed by atoms with Crippen LogP contribution in [0.15, 0.2) is 23.2 Å². The van der Waals surface area contributed by atoms with Crippen molar-refractivity contribution in [3.63, 3.8) is 0 Å². The lowest BCUT2D eigenvalue weighted by molar-refractivity contribution is 0.241. The van der Waals surface area contributed by atoms with Crippen LogP contribution in [0.25, 0.3) is 11.2 Å². The second kappa shape index (κ2) is 6.20. The molecule has 0 aliphatic carbocycles. The molecule has 0 N–H and O–H groups in total. The van der Waals surface area contributed by atoms with E-state index < -0.39 is 0 Å². The second-order valence-corrected chi connectivity index (χ2v) is 6.09. The third-order valence-electron chi connectivity index (χ3n) is 4.46. The van der Waals surface area contributed by atoms with Gasteiger partial charge in [-0.25, -0.2) is 15.0 Å². The van der Waals surface area contributed by atoms with Gasteiger partial charge in [-0.1, -0.05) is 5.16 Å². The number of aryl methyl sites for hydroxylation is 2. The molecule has 4 heterocycles. The van der Waals surface area contributed by atoms with Crippen molar-refractivity contribution in [2.24, 2.45) is 0 Å². The van der Waals surface area contributed by atoms with Crippen molar-refractivity contribution in [1.29, 1.82) is 0 Å². The topological polar surface area (TPSA) is 76.1 Å². The zero-order chi connectivity index (χ0) is 16.5. The largest absolute Gasteiger partial charge is 0.361 e. The minimum Gasteiger partial charge on any atom is -0.361 e. The zero-order valence-electron chi connectivity index (χ0n) is 14.0. The van der Waals surface area contributed by atoms with Crippen LogP contribution in [0.5, 0.6) is 0 Å². The summed E-state index contributed by atoms with van der Waals surface area (Å²) in [5, 5.41) is 4.08. The molecule has 4 rings (SSSR count). The normalized spacial score (nSPS) is 16.2. The van der Waals surface area contributed by atoms with E-state index in [2.05, 4.69) is 36.8 Å². The van der Waals surface area contributed by atoms with Crippen LogP contribution in [-0.4, -0.2) is 55.8 Å². The fourth-order valence-corrected chi connectivity index (χ4v) is 3.17. The highest BCUT2D eigenvalue weighted by Gasteiger charge is 2.22. The van der Waals surface area contributed by atoms with Crippen molar-refractivity contribution in [2.75, 3.05) is 31.1 Å². The minimum atomic E-state index is 0.828. The van der Waals surface area contributed by atoms with Gasteiger partial charge in [-0.05, 0) is 13.8 Å². The molecule has 24 heavy (non-hydrogen) atoms. The van der Waals surface area contributed by atoms with E-state index in [1.54, 1.807) is 6.33 Å². The SMILES string of the molecule is CCn1cnc2c(N3CCN(Cc4cc(C)on4)CC3)ncnc21. The lowest BCUT2D eigenvalue weighted by Gasteiger charge is -2.34. The molecule has 3 aromatic rings. The summed E-state index contributed by atoms with van der Waals surface area (Å²) in [6, 6.07) is 2.00. The number of hydrogen-bond donors (Lipinski definition) is 0. The predicted octanol–water partition coefficient (Wildman–Crippen LogP) is 1.46. The maximum atomic E-state index is 5.14. The van der Waals surface area contributed by atoms with E-state index in [9.17, 15) is 0 Å². The Bertz CT molecular complexity index is 832. The number of aromatic nitrogens is 5. The molecule has 0 bridgehead atoms. The Labute approximate surface area is 140 Å². The first kappa shape index (κ1) is 15.1. The molecule has 8 nitrogen and oxygen atoms in total. The average molecular weight is 327 g/mol. The van der Waals surface area contributed by atoms with Gasteiger partial charge in [0.25, 0.3) is 0 Å². The van der Waals surface area contributed by atoms with Crippen LogP contribution in [0, 0.1) is 6.92 Å². The molecule has 1 aliphatic rings. The summed E-state index contributed by atoms with van der Waals surface area (Å²) in [7, 11) is 0. The summed E-state index contributed by atoms with van der Waals surface area (Å²) in [6.45, 7) is 9.46. The van der Waals surface area contributed by atoms with Crippen LogP contribution in [-0.2, 0) is 13.1 Å². The lowest BCUT2D eigenvalue weighted by atomic mass is 10.2. The van der Waals surface area contributed by atoms with Crippen LogP contribution >= 0.6 is 0 Å².